The highest BCUT2D eigenvalue weighted by Gasteiger charge is 2.07. The molecule has 3 rings (SSSR count). The van der Waals surface area contributed by atoms with Crippen LogP contribution < -0.4 is 17.7 Å². The molecule has 2 radical (unpaired) electrons. The Labute approximate surface area is 132 Å². The highest BCUT2D eigenvalue weighted by Crippen LogP contribution is 1.86. The Kier molecular flexibility index (Phi) is 4.75. The normalized spacial score (nSPS) is 10.0. The molecule has 0 unspecified atom stereocenters. The monoisotopic (exact) mass is 284 g/mol. The van der Waals surface area contributed by atoms with E-state index < -0.39 is 0 Å². The molecule has 0 aliphatic carbocycles. The Hall–Kier alpha value is -1.28. The first-order chi connectivity index (χ1) is 9.92. The van der Waals surface area contributed by atoms with Crippen molar-refractivity contribution in [2.45, 2.75) is 0 Å². The maximum atomic E-state index is 2.30. The van der Waals surface area contributed by atoms with Crippen LogP contribution in [0.1, 0.15) is 0 Å². The zero-order chi connectivity index (χ0) is 13.6. The van der Waals surface area contributed by atoms with Gasteiger partial charge in [0.25, 0.3) is 30.4 Å². The van der Waals surface area contributed by atoms with E-state index in [0.717, 1.165) is 0 Å². The van der Waals surface area contributed by atoms with E-state index in [1.54, 1.807) is 0 Å². The minimum Gasteiger partial charge on any atom is -0.130 e. The fourth-order valence-corrected chi connectivity index (χ4v) is 5.22. The van der Waals surface area contributed by atoms with Crippen LogP contribution in [0.4, 0.5) is 0 Å². The first-order valence-corrected chi connectivity index (χ1v) is 9.11. The van der Waals surface area contributed by atoms with Gasteiger partial charge >= 0.3 is 0 Å². The number of hydrogen-bond acceptors (Lipinski definition) is 0. The quantitative estimate of drug-likeness (QED) is 0.627. The van der Waals surface area contributed by atoms with Crippen molar-refractivity contribution in [2.24, 2.45) is 0 Å². The summed E-state index contributed by atoms with van der Waals surface area (Å²) in [5, 5.41) is 0. The van der Waals surface area contributed by atoms with Gasteiger partial charge in [-0.1, -0.05) is 84.9 Å². The Bertz CT molecular complexity index is 603. The van der Waals surface area contributed by atoms with E-state index in [-0.39, 0.29) is 30.4 Å². The highest BCUT2D eigenvalue weighted by atomic mass is 27.1. The summed E-state index contributed by atoms with van der Waals surface area (Å²) in [6, 6.07) is 30.6. The fourth-order valence-electron chi connectivity index (χ4n) is 2.23. The standard InChI is InChI=1S/2C6H5.C6H4.2Al/c3*1-2-4-6-5-3-1;;/h2*1-5H;1-4H;;. The Morgan fingerprint density at radius 1 is 0.400 bits per heavy atom. The third-order valence-electron chi connectivity index (χ3n) is 3.24. The van der Waals surface area contributed by atoms with Crippen molar-refractivity contribution >= 4 is 48.1 Å². The molecule has 0 N–H and O–H groups in total. The average Bonchev–Trinajstić information content (AvgIpc) is 2.51. The molecule has 0 saturated carbocycles. The second-order valence-electron chi connectivity index (χ2n) is 4.74. The van der Waals surface area contributed by atoms with Gasteiger partial charge in [-0.3, -0.25) is 0 Å². The molecule has 20 heavy (non-hydrogen) atoms. The van der Waals surface area contributed by atoms with Crippen molar-refractivity contribution in [3.8, 4) is 0 Å². The lowest BCUT2D eigenvalue weighted by molar-refractivity contribution is 1.75. The first-order valence-electron chi connectivity index (χ1n) is 6.80. The number of benzene rings is 3. The van der Waals surface area contributed by atoms with Gasteiger partial charge in [0.05, 0.1) is 0 Å². The molecule has 0 nitrogen and oxygen atoms in total. The lowest BCUT2D eigenvalue weighted by Gasteiger charge is -2.08. The van der Waals surface area contributed by atoms with Crippen molar-refractivity contribution in [1.82, 2.24) is 0 Å². The van der Waals surface area contributed by atoms with Crippen molar-refractivity contribution < 1.29 is 0 Å². The molecule has 0 heterocycles. The summed E-state index contributed by atoms with van der Waals surface area (Å²) in [7, 11) is 0. The highest BCUT2D eigenvalue weighted by molar-refractivity contribution is 6.78. The van der Waals surface area contributed by atoms with Gasteiger partial charge in [0.15, 0.2) is 0 Å². The summed E-state index contributed by atoms with van der Waals surface area (Å²) in [4.78, 5) is 0. The summed E-state index contributed by atoms with van der Waals surface area (Å²) in [6.45, 7) is 0. The van der Waals surface area contributed by atoms with Crippen molar-refractivity contribution in [2.75, 3.05) is 0 Å². The molecular formula is C18H14Al2. The van der Waals surface area contributed by atoms with Crippen LogP contribution in [0.3, 0.4) is 0 Å². The summed E-state index contributed by atoms with van der Waals surface area (Å²) in [6.07, 6.45) is 0. The predicted molar refractivity (Wildman–Crippen MR) is 89.4 cm³/mol. The second-order valence-corrected chi connectivity index (χ2v) is 7.89. The van der Waals surface area contributed by atoms with Gasteiger partial charge in [0.1, 0.15) is 0 Å². The van der Waals surface area contributed by atoms with Gasteiger partial charge < -0.3 is 0 Å². The van der Waals surface area contributed by atoms with Gasteiger partial charge in [-0.2, -0.15) is 0 Å². The number of hydrogen-bond donors (Lipinski definition) is 0. The maximum Gasteiger partial charge on any atom is 0.296 e. The molecule has 0 spiro atoms. The minimum absolute atomic E-state index is 0.195. The molecule has 3 aromatic carbocycles. The van der Waals surface area contributed by atoms with Gasteiger partial charge in [-0.15, -0.1) is 17.7 Å². The molecule has 0 aliphatic rings. The molecule has 0 saturated heterocycles. The largest absolute Gasteiger partial charge is 0.296 e. The van der Waals surface area contributed by atoms with Crippen molar-refractivity contribution in [3.05, 3.63) is 84.9 Å². The predicted octanol–water partition coefficient (Wildman–Crippen LogP) is 0.997. The van der Waals surface area contributed by atoms with E-state index in [0.29, 0.717) is 0 Å². The van der Waals surface area contributed by atoms with Gasteiger partial charge in [0.2, 0.25) is 0 Å². The summed E-state index contributed by atoms with van der Waals surface area (Å²) < 4.78 is 6.01. The van der Waals surface area contributed by atoms with Crippen LogP contribution in [0.25, 0.3) is 0 Å². The summed E-state index contributed by atoms with van der Waals surface area (Å²) in [5.41, 5.74) is 0. The molecule has 92 valence electrons. The van der Waals surface area contributed by atoms with Crippen LogP contribution in [-0.4, -0.2) is 30.4 Å². The molecule has 0 bridgehead atoms. The smallest absolute Gasteiger partial charge is 0.130 e. The van der Waals surface area contributed by atoms with Crippen molar-refractivity contribution in [3.63, 3.8) is 0 Å². The van der Waals surface area contributed by atoms with Crippen molar-refractivity contribution in [1.29, 1.82) is 0 Å². The van der Waals surface area contributed by atoms with E-state index in [4.69, 9.17) is 0 Å². The molecule has 0 fully saturated rings. The van der Waals surface area contributed by atoms with E-state index in [1.165, 1.54) is 17.7 Å². The van der Waals surface area contributed by atoms with Gasteiger partial charge in [0, 0.05) is 0 Å². The van der Waals surface area contributed by atoms with Crippen LogP contribution in [0.15, 0.2) is 84.9 Å². The third kappa shape index (κ3) is 3.64. The Morgan fingerprint density at radius 3 is 1.15 bits per heavy atom. The fraction of sp³-hybridized carbons (Fsp3) is 0. The molecule has 3 aromatic rings. The molecule has 0 aliphatic heterocycles. The SMILES string of the molecule is c1cc[c]([Al][c]2cccc[c]2[Al][c]2ccccc2)cc1. The zero-order valence-electron chi connectivity index (χ0n) is 11.2. The molecular weight excluding hydrogens is 270 g/mol. The van der Waals surface area contributed by atoms with Crippen LogP contribution in [0.2, 0.25) is 0 Å². The van der Waals surface area contributed by atoms with Crippen LogP contribution >= 0.6 is 0 Å². The molecule has 0 aromatic heterocycles. The van der Waals surface area contributed by atoms with Gasteiger partial charge in [-0.25, -0.2) is 0 Å². The van der Waals surface area contributed by atoms with Gasteiger partial charge in [-0.05, 0) is 0 Å². The van der Waals surface area contributed by atoms with Crippen LogP contribution in [-0.2, 0) is 0 Å². The average molecular weight is 284 g/mol. The van der Waals surface area contributed by atoms with E-state index in [1.807, 2.05) is 0 Å². The Balaban J connectivity index is 1.85. The maximum absolute atomic E-state index is 2.30. The van der Waals surface area contributed by atoms with E-state index in [2.05, 4.69) is 84.9 Å². The lowest BCUT2D eigenvalue weighted by atomic mass is 10.3. The summed E-state index contributed by atoms with van der Waals surface area (Å²) in [5.74, 6) is 0. The molecule has 2 heteroatoms. The van der Waals surface area contributed by atoms with Crippen LogP contribution in [0.5, 0.6) is 0 Å². The van der Waals surface area contributed by atoms with E-state index >= 15 is 0 Å². The molecule has 0 amide bonds. The second kappa shape index (κ2) is 6.94. The minimum atomic E-state index is 0.195. The first kappa shape index (κ1) is 13.7. The topological polar surface area (TPSA) is 0 Å². The van der Waals surface area contributed by atoms with E-state index in [9.17, 15) is 0 Å². The summed E-state index contributed by atoms with van der Waals surface area (Å²) >= 11 is 0.390. The third-order valence-corrected chi connectivity index (χ3v) is 6.68. The zero-order valence-corrected chi connectivity index (χ0v) is 13.5. The lowest BCUT2D eigenvalue weighted by Crippen LogP contribution is -2.44. The number of rotatable bonds is 4. The van der Waals surface area contributed by atoms with Crippen LogP contribution in [0, 0.1) is 0 Å². The molecule has 0 atom stereocenters. The Morgan fingerprint density at radius 2 is 0.750 bits per heavy atom.